The average Bonchev–Trinajstić information content (AvgIpc) is 2.66. The zero-order chi connectivity index (χ0) is 19.4. The van der Waals surface area contributed by atoms with Crippen molar-refractivity contribution in [2.24, 2.45) is 0 Å². The van der Waals surface area contributed by atoms with Crippen molar-refractivity contribution in [3.63, 3.8) is 0 Å². The van der Waals surface area contributed by atoms with Gasteiger partial charge in [0.2, 0.25) is 5.91 Å². The normalized spacial score (nSPS) is 14.4. The summed E-state index contributed by atoms with van der Waals surface area (Å²) in [5, 5.41) is 0.964. The number of benzene rings is 1. The minimum Gasteiger partial charge on any atom is -0.450 e. The van der Waals surface area contributed by atoms with Crippen LogP contribution in [-0.2, 0) is 16.0 Å². The molecule has 2 heterocycles. The number of nitrogens with zero attached hydrogens (tertiary/aromatic N) is 2. The number of rotatable bonds is 4. The number of ether oxygens (including phenoxy) is 1. The highest BCUT2D eigenvalue weighted by Crippen LogP contribution is 2.14. The maximum atomic E-state index is 12.5. The number of piperazine rings is 1. The summed E-state index contributed by atoms with van der Waals surface area (Å²) in [4.78, 5) is 42.7. The molecule has 1 aromatic heterocycles. The van der Waals surface area contributed by atoms with Gasteiger partial charge < -0.3 is 19.5 Å². The Morgan fingerprint density at radius 2 is 1.81 bits per heavy atom. The molecule has 1 saturated heterocycles. The van der Waals surface area contributed by atoms with E-state index in [4.69, 9.17) is 4.74 Å². The van der Waals surface area contributed by atoms with Crippen molar-refractivity contribution >= 4 is 22.9 Å². The monoisotopic (exact) mass is 371 g/mol. The number of hydrogen-bond donors (Lipinski definition) is 1. The van der Waals surface area contributed by atoms with Gasteiger partial charge in [0.1, 0.15) is 0 Å². The molecule has 1 aliphatic rings. The lowest BCUT2D eigenvalue weighted by atomic mass is 10.1. The van der Waals surface area contributed by atoms with Crippen LogP contribution in [0.5, 0.6) is 0 Å². The molecule has 0 aliphatic carbocycles. The van der Waals surface area contributed by atoms with Gasteiger partial charge in [0.25, 0.3) is 5.56 Å². The first kappa shape index (κ1) is 18.9. The first-order valence-corrected chi connectivity index (χ1v) is 9.30. The molecule has 0 spiro atoms. The van der Waals surface area contributed by atoms with Gasteiger partial charge in [0.05, 0.1) is 6.61 Å². The molecule has 1 fully saturated rings. The summed E-state index contributed by atoms with van der Waals surface area (Å²) < 4.78 is 4.98. The van der Waals surface area contributed by atoms with Gasteiger partial charge in [-0.05, 0) is 43.4 Å². The highest BCUT2D eigenvalue weighted by atomic mass is 16.6. The fourth-order valence-electron chi connectivity index (χ4n) is 3.30. The Morgan fingerprint density at radius 1 is 1.11 bits per heavy atom. The van der Waals surface area contributed by atoms with E-state index in [2.05, 4.69) is 4.98 Å². The summed E-state index contributed by atoms with van der Waals surface area (Å²) in [6.45, 7) is 6.02. The first-order chi connectivity index (χ1) is 13.0. The van der Waals surface area contributed by atoms with Crippen LogP contribution in [0.2, 0.25) is 0 Å². The van der Waals surface area contributed by atoms with Gasteiger partial charge in [0, 0.05) is 43.7 Å². The van der Waals surface area contributed by atoms with Crippen molar-refractivity contribution in [3.8, 4) is 0 Å². The van der Waals surface area contributed by atoms with E-state index in [9.17, 15) is 14.4 Å². The number of carbonyl (C=O) groups is 2. The van der Waals surface area contributed by atoms with Gasteiger partial charge in [-0.15, -0.1) is 0 Å². The van der Waals surface area contributed by atoms with Crippen molar-refractivity contribution in [3.05, 3.63) is 45.7 Å². The number of carbonyl (C=O) groups excluding carboxylic acids is 2. The molecule has 2 amide bonds. The third-order valence-corrected chi connectivity index (χ3v) is 4.84. The molecule has 3 rings (SSSR count). The Morgan fingerprint density at radius 3 is 2.52 bits per heavy atom. The van der Waals surface area contributed by atoms with Gasteiger partial charge in [-0.2, -0.15) is 0 Å². The molecule has 7 nitrogen and oxygen atoms in total. The number of hydrogen-bond acceptors (Lipinski definition) is 4. The SMILES string of the molecule is CCOC(=O)N1CCN(C(=O)CCc2cc3ccc(C)cc3[nH]c2=O)CC1. The van der Waals surface area contributed by atoms with Crippen molar-refractivity contribution in [1.82, 2.24) is 14.8 Å². The molecule has 2 aromatic rings. The van der Waals surface area contributed by atoms with E-state index in [1.54, 1.807) is 16.7 Å². The molecule has 144 valence electrons. The second-order valence-electron chi connectivity index (χ2n) is 6.78. The van der Waals surface area contributed by atoms with Crippen molar-refractivity contribution in [2.45, 2.75) is 26.7 Å². The first-order valence-electron chi connectivity index (χ1n) is 9.30. The van der Waals surface area contributed by atoms with Crippen LogP contribution in [0.3, 0.4) is 0 Å². The number of pyridine rings is 1. The lowest BCUT2D eigenvalue weighted by Crippen LogP contribution is -2.50. The highest BCUT2D eigenvalue weighted by Gasteiger charge is 2.24. The molecule has 7 heteroatoms. The molecule has 0 radical (unpaired) electrons. The molecule has 1 aliphatic heterocycles. The Kier molecular flexibility index (Phi) is 5.78. The molecule has 0 atom stereocenters. The quantitative estimate of drug-likeness (QED) is 0.892. The number of nitrogens with one attached hydrogen (secondary N) is 1. The maximum absolute atomic E-state index is 12.5. The lowest BCUT2D eigenvalue weighted by molar-refractivity contribution is -0.132. The van der Waals surface area contributed by atoms with Crippen LogP contribution in [0, 0.1) is 6.92 Å². The topological polar surface area (TPSA) is 82.7 Å². The van der Waals surface area contributed by atoms with E-state index >= 15 is 0 Å². The van der Waals surface area contributed by atoms with E-state index in [-0.39, 0.29) is 24.0 Å². The number of aromatic amines is 1. The van der Waals surface area contributed by atoms with E-state index in [1.165, 1.54) is 0 Å². The fourth-order valence-corrected chi connectivity index (χ4v) is 3.30. The third kappa shape index (κ3) is 4.48. The zero-order valence-corrected chi connectivity index (χ0v) is 15.8. The molecule has 0 unspecified atom stereocenters. The second-order valence-corrected chi connectivity index (χ2v) is 6.78. The van der Waals surface area contributed by atoms with Crippen LogP contribution in [0.25, 0.3) is 10.9 Å². The van der Waals surface area contributed by atoms with Gasteiger partial charge in [-0.1, -0.05) is 12.1 Å². The van der Waals surface area contributed by atoms with E-state index < -0.39 is 0 Å². The summed E-state index contributed by atoms with van der Waals surface area (Å²) >= 11 is 0. The number of amides is 2. The average molecular weight is 371 g/mol. The van der Waals surface area contributed by atoms with E-state index in [0.29, 0.717) is 44.8 Å². The number of aryl methyl sites for hydroxylation is 2. The summed E-state index contributed by atoms with van der Waals surface area (Å²) in [6.07, 6.45) is 0.346. The van der Waals surface area contributed by atoms with Crippen LogP contribution < -0.4 is 5.56 Å². The Bertz CT molecular complexity index is 898. The smallest absolute Gasteiger partial charge is 0.409 e. The largest absolute Gasteiger partial charge is 0.450 e. The third-order valence-electron chi connectivity index (χ3n) is 4.84. The summed E-state index contributed by atoms with van der Waals surface area (Å²) in [7, 11) is 0. The van der Waals surface area contributed by atoms with Gasteiger partial charge in [0.15, 0.2) is 0 Å². The molecule has 1 aromatic carbocycles. The standard InChI is InChI=1S/C20H25N3O4/c1-3-27-20(26)23-10-8-22(9-11-23)18(24)7-6-16-13-15-5-4-14(2)12-17(15)21-19(16)25/h4-5,12-13H,3,6-11H2,1-2H3,(H,21,25). The van der Waals surface area contributed by atoms with Crippen LogP contribution in [0.1, 0.15) is 24.5 Å². The van der Waals surface area contributed by atoms with Gasteiger partial charge >= 0.3 is 6.09 Å². The van der Waals surface area contributed by atoms with Crippen LogP contribution in [0.4, 0.5) is 4.79 Å². The van der Waals surface area contributed by atoms with Crippen LogP contribution >= 0.6 is 0 Å². The molecule has 0 bridgehead atoms. The predicted octanol–water partition coefficient (Wildman–Crippen LogP) is 2.07. The van der Waals surface area contributed by atoms with Gasteiger partial charge in [-0.3, -0.25) is 9.59 Å². The van der Waals surface area contributed by atoms with E-state index in [0.717, 1.165) is 16.5 Å². The van der Waals surface area contributed by atoms with Gasteiger partial charge in [-0.25, -0.2) is 4.79 Å². The fraction of sp³-hybridized carbons (Fsp3) is 0.450. The highest BCUT2D eigenvalue weighted by molar-refractivity contribution is 5.80. The van der Waals surface area contributed by atoms with Crippen molar-refractivity contribution in [2.75, 3.05) is 32.8 Å². The second kappa shape index (κ2) is 8.24. The predicted molar refractivity (Wildman–Crippen MR) is 103 cm³/mol. The zero-order valence-electron chi connectivity index (χ0n) is 15.8. The molecule has 1 N–H and O–H groups in total. The number of H-pyrrole nitrogens is 1. The van der Waals surface area contributed by atoms with Crippen LogP contribution in [0.15, 0.2) is 29.1 Å². The number of fused-ring (bicyclic) bond motifs is 1. The Labute approximate surface area is 157 Å². The van der Waals surface area contributed by atoms with Crippen molar-refractivity contribution in [1.29, 1.82) is 0 Å². The molecular formula is C20H25N3O4. The summed E-state index contributed by atoms with van der Waals surface area (Å²) in [5.74, 6) is 0.00177. The molecule has 0 saturated carbocycles. The summed E-state index contributed by atoms with van der Waals surface area (Å²) in [5.41, 5.74) is 2.37. The van der Waals surface area contributed by atoms with Crippen LogP contribution in [-0.4, -0.2) is 59.6 Å². The Hall–Kier alpha value is -2.83. The maximum Gasteiger partial charge on any atom is 0.409 e. The van der Waals surface area contributed by atoms with E-state index in [1.807, 2.05) is 31.2 Å². The number of aromatic nitrogens is 1. The lowest BCUT2D eigenvalue weighted by Gasteiger charge is -2.34. The minimum atomic E-state index is -0.331. The summed E-state index contributed by atoms with van der Waals surface area (Å²) in [6, 6.07) is 7.77. The molecular weight excluding hydrogens is 346 g/mol. The van der Waals surface area contributed by atoms with Crippen molar-refractivity contribution < 1.29 is 14.3 Å². The Balaban J connectivity index is 1.57. The molecule has 27 heavy (non-hydrogen) atoms. The minimum absolute atomic E-state index is 0.00177.